The molecule has 330 valence electrons. The first-order valence-electron chi connectivity index (χ1n) is 24.1. The van der Waals surface area contributed by atoms with Gasteiger partial charge in [-0.25, -0.2) is 4.85 Å². The van der Waals surface area contributed by atoms with Crippen LogP contribution in [0, 0.1) is 17.9 Å². The third kappa shape index (κ3) is 5.02. The van der Waals surface area contributed by atoms with Crippen LogP contribution in [0.25, 0.3) is 126 Å². The average molecular weight is 905 g/mol. The van der Waals surface area contributed by atoms with E-state index in [-0.39, 0.29) is 11.1 Å². The number of nitrogens with zero attached hydrogens (tertiary/aromatic N) is 6. The SMILES string of the molecule is [C-]#[N+]c1c(C#N)c(-n2c3ccccc3c3cc4c(cc32)C(C)(C)c2ccccc2-4)c(-n2c3ccccc3c3ccccc32)c(-n2c3ccccc3c3ccccc32)c1-n1c2ccccc2c2ccccc21. The van der Waals surface area contributed by atoms with Crippen molar-refractivity contribution >= 4 is 92.9 Å². The highest BCUT2D eigenvalue weighted by Gasteiger charge is 2.38. The molecule has 71 heavy (non-hydrogen) atoms. The maximum absolute atomic E-state index is 12.3. The first-order valence-corrected chi connectivity index (χ1v) is 24.1. The number of benzene rings is 10. The van der Waals surface area contributed by atoms with E-state index < -0.39 is 0 Å². The number of nitriles is 1. The Labute approximate surface area is 408 Å². The predicted octanol–water partition coefficient (Wildman–Crippen LogP) is 16.8. The molecule has 1 aliphatic rings. The Morgan fingerprint density at radius 1 is 0.366 bits per heavy atom. The van der Waals surface area contributed by atoms with Gasteiger partial charge in [-0.1, -0.05) is 166 Å². The summed E-state index contributed by atoms with van der Waals surface area (Å²) in [6.45, 7) is 14.1. The standard InChI is InChI=1S/C65H40N6/c1-65(2)50-28-12-4-20-39(50)47-36-48-46-27-11-19-35-58(46)71(59(48)37-51(47)65)61-49(38-66)60(67-3)62(68-52-29-13-5-21-40(52)41-22-6-14-30-53(41)68)64(70-56-33-17-9-25-44(56)45-26-10-18-34-57(45)70)63(61)69-54-31-15-7-23-42(54)43-24-8-16-32-55(43)69/h4-37H,1-2H3. The van der Waals surface area contributed by atoms with E-state index in [9.17, 15) is 11.8 Å². The third-order valence-corrected chi connectivity index (χ3v) is 15.6. The fraction of sp³-hybridized carbons (Fsp3) is 0.0462. The third-order valence-electron chi connectivity index (χ3n) is 15.6. The number of para-hydroxylation sites is 7. The molecule has 0 saturated heterocycles. The molecule has 0 aliphatic heterocycles. The fourth-order valence-electron chi connectivity index (χ4n) is 12.6. The van der Waals surface area contributed by atoms with Gasteiger partial charge >= 0.3 is 0 Å². The largest absolute Gasteiger partial charge is 0.317 e. The minimum Gasteiger partial charge on any atom is -0.317 e. The summed E-state index contributed by atoms with van der Waals surface area (Å²) in [5.41, 5.74) is 15.9. The molecule has 15 rings (SSSR count). The Morgan fingerprint density at radius 3 is 1.11 bits per heavy atom. The molecule has 1 aliphatic carbocycles. The van der Waals surface area contributed by atoms with E-state index in [4.69, 9.17) is 0 Å². The van der Waals surface area contributed by atoms with Crippen LogP contribution in [-0.4, -0.2) is 18.3 Å². The monoisotopic (exact) mass is 904 g/mol. The highest BCUT2D eigenvalue weighted by atomic mass is 15.2. The first-order chi connectivity index (χ1) is 35.0. The number of fused-ring (bicyclic) bond motifs is 15. The van der Waals surface area contributed by atoms with E-state index in [2.05, 4.69) is 249 Å². The summed E-state index contributed by atoms with van der Waals surface area (Å²) >= 11 is 0. The van der Waals surface area contributed by atoms with Gasteiger partial charge in [0.1, 0.15) is 0 Å². The van der Waals surface area contributed by atoms with Gasteiger partial charge in [0, 0.05) is 48.5 Å². The van der Waals surface area contributed by atoms with Gasteiger partial charge in [-0.3, -0.25) is 0 Å². The van der Waals surface area contributed by atoms with E-state index in [1.165, 1.54) is 22.3 Å². The van der Waals surface area contributed by atoms with E-state index >= 15 is 0 Å². The van der Waals surface area contributed by atoms with Crippen LogP contribution in [0.2, 0.25) is 0 Å². The molecule has 0 radical (unpaired) electrons. The average Bonchev–Trinajstić information content (AvgIpc) is 4.19. The molecule has 14 aromatic rings. The van der Waals surface area contributed by atoms with E-state index in [1.54, 1.807) is 0 Å². The topological polar surface area (TPSA) is 47.9 Å². The predicted molar refractivity (Wildman–Crippen MR) is 292 cm³/mol. The summed E-state index contributed by atoms with van der Waals surface area (Å²) in [6.07, 6.45) is 0. The van der Waals surface area contributed by atoms with Gasteiger partial charge in [0.25, 0.3) is 0 Å². The quantitative estimate of drug-likeness (QED) is 0.162. The first kappa shape index (κ1) is 39.4. The van der Waals surface area contributed by atoms with Crippen molar-refractivity contribution < 1.29 is 0 Å². The maximum atomic E-state index is 12.3. The van der Waals surface area contributed by atoms with Gasteiger partial charge in [0.15, 0.2) is 0 Å². The molecule has 6 heteroatoms. The van der Waals surface area contributed by atoms with Crippen LogP contribution in [0.5, 0.6) is 0 Å². The van der Waals surface area contributed by atoms with Crippen molar-refractivity contribution in [2.45, 2.75) is 19.3 Å². The zero-order valence-electron chi connectivity index (χ0n) is 38.8. The van der Waals surface area contributed by atoms with Gasteiger partial charge in [-0.2, -0.15) is 5.26 Å². The normalized spacial score (nSPS) is 13.0. The van der Waals surface area contributed by atoms with Crippen LogP contribution < -0.4 is 0 Å². The lowest BCUT2D eigenvalue weighted by molar-refractivity contribution is 0.661. The maximum Gasteiger partial charge on any atom is 0.232 e. The molecule has 0 N–H and O–H groups in total. The molecule has 0 bridgehead atoms. The van der Waals surface area contributed by atoms with Crippen LogP contribution >= 0.6 is 0 Å². The second-order valence-corrected chi connectivity index (χ2v) is 19.4. The van der Waals surface area contributed by atoms with Crippen molar-refractivity contribution in [1.29, 1.82) is 5.26 Å². The van der Waals surface area contributed by atoms with E-state index in [0.717, 1.165) is 98.6 Å². The van der Waals surface area contributed by atoms with Gasteiger partial charge in [-0.15, -0.1) is 0 Å². The highest BCUT2D eigenvalue weighted by Crippen LogP contribution is 2.54. The highest BCUT2D eigenvalue weighted by molar-refractivity contribution is 6.17. The Kier molecular flexibility index (Phi) is 7.88. The Morgan fingerprint density at radius 2 is 0.704 bits per heavy atom. The van der Waals surface area contributed by atoms with Crippen LogP contribution in [0.1, 0.15) is 30.5 Å². The molecule has 6 nitrogen and oxygen atoms in total. The second kappa shape index (κ2) is 14.2. The lowest BCUT2D eigenvalue weighted by Crippen LogP contribution is -2.16. The van der Waals surface area contributed by atoms with Crippen LogP contribution in [0.4, 0.5) is 5.69 Å². The van der Waals surface area contributed by atoms with Gasteiger partial charge in [0.05, 0.1) is 85.1 Å². The Bertz CT molecular complexity index is 4600. The van der Waals surface area contributed by atoms with Crippen molar-refractivity contribution in [3.05, 3.63) is 234 Å². The minimum absolute atomic E-state index is 0.273. The van der Waals surface area contributed by atoms with Crippen molar-refractivity contribution in [3.8, 4) is 39.9 Å². The molecular weight excluding hydrogens is 865 g/mol. The number of aromatic nitrogens is 4. The number of hydrogen-bond donors (Lipinski definition) is 0. The molecule has 4 heterocycles. The van der Waals surface area contributed by atoms with E-state index in [1.807, 2.05) is 0 Å². The summed E-state index contributed by atoms with van der Waals surface area (Å²) in [6, 6.07) is 76.2. The molecule has 4 aromatic heterocycles. The Hall–Kier alpha value is -9.62. The van der Waals surface area contributed by atoms with Crippen molar-refractivity contribution in [2.24, 2.45) is 0 Å². The Balaban J connectivity index is 1.27. The molecule has 0 unspecified atom stereocenters. The van der Waals surface area contributed by atoms with Crippen LogP contribution in [-0.2, 0) is 5.41 Å². The molecular formula is C65H40N6. The molecule has 0 saturated carbocycles. The summed E-state index contributed by atoms with van der Waals surface area (Å²) in [5, 5.41) is 20.9. The fourth-order valence-corrected chi connectivity index (χ4v) is 12.6. The van der Waals surface area contributed by atoms with Crippen LogP contribution in [0.3, 0.4) is 0 Å². The second-order valence-electron chi connectivity index (χ2n) is 19.4. The summed E-state index contributed by atoms with van der Waals surface area (Å²) in [5.74, 6) is 0. The molecule has 0 atom stereocenters. The van der Waals surface area contributed by atoms with Crippen molar-refractivity contribution in [1.82, 2.24) is 18.3 Å². The zero-order valence-corrected chi connectivity index (χ0v) is 38.8. The van der Waals surface area contributed by atoms with Gasteiger partial charge in [0.2, 0.25) is 5.69 Å². The van der Waals surface area contributed by atoms with E-state index in [0.29, 0.717) is 16.9 Å². The smallest absolute Gasteiger partial charge is 0.232 e. The van der Waals surface area contributed by atoms with Gasteiger partial charge in [-0.05, 0) is 76.9 Å². The molecule has 0 spiro atoms. The van der Waals surface area contributed by atoms with Crippen molar-refractivity contribution in [2.75, 3.05) is 0 Å². The van der Waals surface area contributed by atoms with Crippen molar-refractivity contribution in [3.63, 3.8) is 0 Å². The van der Waals surface area contributed by atoms with Crippen LogP contribution in [0.15, 0.2) is 206 Å². The molecule has 10 aromatic carbocycles. The zero-order chi connectivity index (χ0) is 47.3. The lowest BCUT2D eigenvalue weighted by Gasteiger charge is -2.28. The molecule has 0 amide bonds. The summed E-state index contributed by atoms with van der Waals surface area (Å²) in [7, 11) is 0. The molecule has 0 fully saturated rings. The summed E-state index contributed by atoms with van der Waals surface area (Å²) in [4.78, 5) is 4.60. The minimum atomic E-state index is -0.300. The number of rotatable bonds is 4. The van der Waals surface area contributed by atoms with Gasteiger partial charge < -0.3 is 18.3 Å². The summed E-state index contributed by atoms with van der Waals surface area (Å²) < 4.78 is 9.35. The lowest BCUT2D eigenvalue weighted by atomic mass is 9.82. The number of hydrogen-bond acceptors (Lipinski definition) is 1.